The van der Waals surface area contributed by atoms with Crippen molar-refractivity contribution in [2.75, 3.05) is 0 Å². The van der Waals surface area contributed by atoms with Crippen LogP contribution < -0.4 is 4.74 Å². The van der Waals surface area contributed by atoms with Crippen LogP contribution in [0, 0.1) is 0 Å². The van der Waals surface area contributed by atoms with Crippen molar-refractivity contribution < 1.29 is 27.8 Å². The summed E-state index contributed by atoms with van der Waals surface area (Å²) < 4.78 is 44.5. The number of rotatable bonds is 5. The minimum absolute atomic E-state index is 0.0214. The summed E-state index contributed by atoms with van der Waals surface area (Å²) in [6, 6.07) is 9.87. The topological polar surface area (TPSA) is 46.5 Å². The zero-order valence-corrected chi connectivity index (χ0v) is 15.4. The van der Waals surface area contributed by atoms with Crippen molar-refractivity contribution in [3.05, 3.63) is 64.0 Å². The smallest absolute Gasteiger partial charge is 0.416 e. The van der Waals surface area contributed by atoms with Crippen molar-refractivity contribution in [3.63, 3.8) is 0 Å². The Hall–Kier alpha value is -2.54. The molecule has 0 bridgehead atoms. The van der Waals surface area contributed by atoms with Gasteiger partial charge in [0.25, 0.3) is 0 Å². The van der Waals surface area contributed by atoms with Gasteiger partial charge >= 0.3 is 12.1 Å². The molecule has 0 radical (unpaired) electrons. The lowest BCUT2D eigenvalue weighted by atomic mass is 10.1. The molecule has 0 unspecified atom stereocenters. The molecule has 7 heteroatoms. The van der Waals surface area contributed by atoms with Crippen LogP contribution in [0.4, 0.5) is 13.2 Å². The number of halogens is 3. The average molecular weight is 394 g/mol. The third kappa shape index (κ3) is 4.08. The maximum atomic E-state index is 12.7. The maximum absolute atomic E-state index is 12.7. The molecular weight excluding hydrogens is 377 g/mol. The van der Waals surface area contributed by atoms with Crippen molar-refractivity contribution in [1.82, 2.24) is 0 Å². The van der Waals surface area contributed by atoms with E-state index in [4.69, 9.17) is 4.74 Å². The van der Waals surface area contributed by atoms with Crippen LogP contribution in [0.25, 0.3) is 10.1 Å². The highest BCUT2D eigenvalue weighted by molar-refractivity contribution is 7.19. The average Bonchev–Trinajstić information content (AvgIpc) is 3.03. The maximum Gasteiger partial charge on any atom is 0.416 e. The summed E-state index contributed by atoms with van der Waals surface area (Å²) in [6.07, 6.45) is -4.40. The molecule has 3 rings (SSSR count). The fourth-order valence-electron chi connectivity index (χ4n) is 2.64. The van der Waals surface area contributed by atoms with Crippen LogP contribution in [0.15, 0.2) is 42.5 Å². The molecule has 0 fully saturated rings. The highest BCUT2D eigenvalue weighted by Gasteiger charge is 2.30. The number of carboxylic acids is 1. The molecule has 0 spiro atoms. The second-order valence-corrected chi connectivity index (χ2v) is 7.54. The summed E-state index contributed by atoms with van der Waals surface area (Å²) in [5.41, 5.74) is -0.178. The molecule has 0 saturated carbocycles. The quantitative estimate of drug-likeness (QED) is 0.551. The molecule has 1 N–H and O–H groups in total. The molecule has 0 aliphatic heterocycles. The van der Waals surface area contributed by atoms with E-state index >= 15 is 0 Å². The number of alkyl halides is 3. The molecule has 2 aromatic carbocycles. The Morgan fingerprint density at radius 1 is 1.15 bits per heavy atom. The summed E-state index contributed by atoms with van der Waals surface area (Å²) in [6.45, 7) is 4.07. The zero-order valence-electron chi connectivity index (χ0n) is 14.6. The first kappa shape index (κ1) is 19.2. The Kier molecular flexibility index (Phi) is 5.15. The second kappa shape index (κ2) is 7.23. The summed E-state index contributed by atoms with van der Waals surface area (Å²) in [5.74, 6) is -0.575. The number of thiophene rings is 1. The Labute approximate surface area is 158 Å². The van der Waals surface area contributed by atoms with Crippen molar-refractivity contribution in [3.8, 4) is 5.75 Å². The van der Waals surface area contributed by atoms with E-state index in [0.717, 1.165) is 27.1 Å². The SMILES string of the molecule is CC(C)c1cc2ccc(C(=O)O)c(OCc3ccc(C(F)(F)F)cc3)c2s1. The van der Waals surface area contributed by atoms with Crippen molar-refractivity contribution >= 4 is 27.4 Å². The number of hydrogen-bond acceptors (Lipinski definition) is 3. The fraction of sp³-hybridized carbons (Fsp3) is 0.250. The summed E-state index contributed by atoms with van der Waals surface area (Å²) in [5, 5.41) is 10.3. The molecule has 0 amide bonds. The van der Waals surface area contributed by atoms with Gasteiger partial charge in [0.1, 0.15) is 12.2 Å². The number of aromatic carboxylic acids is 1. The van der Waals surface area contributed by atoms with Gasteiger partial charge in [0.05, 0.1) is 10.3 Å². The van der Waals surface area contributed by atoms with Crippen molar-refractivity contribution in [2.45, 2.75) is 32.5 Å². The van der Waals surface area contributed by atoms with Crippen LogP contribution in [0.5, 0.6) is 5.75 Å². The van der Waals surface area contributed by atoms with Crippen LogP contribution in [-0.4, -0.2) is 11.1 Å². The third-order valence-electron chi connectivity index (χ3n) is 4.12. The van der Waals surface area contributed by atoms with Gasteiger partial charge in [0.15, 0.2) is 5.75 Å². The van der Waals surface area contributed by atoms with Crippen molar-refractivity contribution in [2.24, 2.45) is 0 Å². The van der Waals surface area contributed by atoms with Crippen LogP contribution in [0.1, 0.15) is 46.1 Å². The molecule has 142 valence electrons. The van der Waals surface area contributed by atoms with Gasteiger partial charge in [0.2, 0.25) is 0 Å². The first-order valence-electron chi connectivity index (χ1n) is 8.25. The van der Waals surface area contributed by atoms with Gasteiger partial charge in [-0.25, -0.2) is 4.79 Å². The highest BCUT2D eigenvalue weighted by Crippen LogP contribution is 2.39. The molecule has 27 heavy (non-hydrogen) atoms. The number of benzene rings is 2. The number of ether oxygens (including phenoxy) is 1. The monoisotopic (exact) mass is 394 g/mol. The molecule has 0 aliphatic rings. The predicted molar refractivity (Wildman–Crippen MR) is 98.6 cm³/mol. The normalized spacial score (nSPS) is 11.9. The Morgan fingerprint density at radius 2 is 1.81 bits per heavy atom. The summed E-state index contributed by atoms with van der Waals surface area (Å²) >= 11 is 1.47. The largest absolute Gasteiger partial charge is 0.486 e. The van der Waals surface area contributed by atoms with E-state index in [-0.39, 0.29) is 17.9 Å². The standard InChI is InChI=1S/C20H17F3O3S/c1-11(2)16-9-13-5-8-15(19(24)25)17(18(13)27-16)26-10-12-3-6-14(7-4-12)20(21,22)23/h3-9,11H,10H2,1-2H3,(H,24,25). The van der Waals surface area contributed by atoms with E-state index in [9.17, 15) is 23.1 Å². The van der Waals surface area contributed by atoms with Crippen LogP contribution >= 0.6 is 11.3 Å². The van der Waals surface area contributed by atoms with Crippen LogP contribution in [-0.2, 0) is 12.8 Å². The number of hydrogen-bond donors (Lipinski definition) is 1. The van der Waals surface area contributed by atoms with E-state index < -0.39 is 17.7 Å². The van der Waals surface area contributed by atoms with Gasteiger partial charge in [-0.2, -0.15) is 13.2 Å². The van der Waals surface area contributed by atoms with Gasteiger partial charge in [-0.15, -0.1) is 11.3 Å². The predicted octanol–water partition coefficient (Wildman–Crippen LogP) is 6.32. The lowest BCUT2D eigenvalue weighted by molar-refractivity contribution is -0.137. The lowest BCUT2D eigenvalue weighted by Gasteiger charge is -2.12. The number of carbonyl (C=O) groups is 1. The van der Waals surface area contributed by atoms with Gasteiger partial charge in [-0.1, -0.05) is 32.0 Å². The first-order chi connectivity index (χ1) is 12.7. The molecule has 0 atom stereocenters. The van der Waals surface area contributed by atoms with E-state index in [1.165, 1.54) is 29.5 Å². The second-order valence-electron chi connectivity index (χ2n) is 6.45. The summed E-state index contributed by atoms with van der Waals surface area (Å²) in [4.78, 5) is 12.7. The van der Waals surface area contributed by atoms with Crippen LogP contribution in [0.3, 0.4) is 0 Å². The minimum Gasteiger partial charge on any atom is -0.486 e. The minimum atomic E-state index is -4.40. The fourth-order valence-corrected chi connectivity index (χ4v) is 3.80. The van der Waals surface area contributed by atoms with E-state index in [2.05, 4.69) is 0 Å². The van der Waals surface area contributed by atoms with E-state index in [1.807, 2.05) is 19.9 Å². The van der Waals surface area contributed by atoms with Gasteiger partial charge in [-0.3, -0.25) is 0 Å². The molecule has 1 aromatic heterocycles. The van der Waals surface area contributed by atoms with Crippen LogP contribution in [0.2, 0.25) is 0 Å². The number of fused-ring (bicyclic) bond motifs is 1. The first-order valence-corrected chi connectivity index (χ1v) is 9.07. The Morgan fingerprint density at radius 3 is 2.37 bits per heavy atom. The molecule has 3 nitrogen and oxygen atoms in total. The molecule has 0 aliphatic carbocycles. The van der Waals surface area contributed by atoms with Gasteiger partial charge in [0, 0.05) is 4.88 Å². The Bertz CT molecular complexity index is 973. The number of carboxylic acid groups (broad SMARTS) is 1. The van der Waals surface area contributed by atoms with Gasteiger partial charge < -0.3 is 9.84 Å². The summed E-state index contributed by atoms with van der Waals surface area (Å²) in [7, 11) is 0. The Balaban J connectivity index is 1.93. The molecule has 0 saturated heterocycles. The zero-order chi connectivity index (χ0) is 19.8. The van der Waals surface area contributed by atoms with Gasteiger partial charge in [-0.05, 0) is 41.1 Å². The molecule has 1 heterocycles. The highest BCUT2D eigenvalue weighted by atomic mass is 32.1. The lowest BCUT2D eigenvalue weighted by Crippen LogP contribution is -2.06. The van der Waals surface area contributed by atoms with Crippen molar-refractivity contribution in [1.29, 1.82) is 0 Å². The van der Waals surface area contributed by atoms with E-state index in [0.29, 0.717) is 11.5 Å². The molecular formula is C20H17F3O3S. The third-order valence-corrected chi connectivity index (χ3v) is 5.57. The van der Waals surface area contributed by atoms with E-state index in [1.54, 1.807) is 6.07 Å². The molecule has 3 aromatic rings.